The minimum absolute atomic E-state index is 0.179. The molecular weight excluding hydrogens is 319 g/mol. The Bertz CT molecular complexity index is 655. The number of ether oxygens (including phenoxy) is 1. The Morgan fingerprint density at radius 2 is 2.19 bits per heavy atom. The fourth-order valence-electron chi connectivity index (χ4n) is 1.46. The second kappa shape index (κ2) is 4.14. The SMILES string of the molecule is COc1cc(I)c2[nH]c(C#N)cc(=O)c2c1. The Morgan fingerprint density at radius 1 is 1.44 bits per heavy atom. The summed E-state index contributed by atoms with van der Waals surface area (Å²) in [5, 5.41) is 9.30. The van der Waals surface area contributed by atoms with E-state index in [0.29, 0.717) is 16.7 Å². The van der Waals surface area contributed by atoms with E-state index < -0.39 is 0 Å². The van der Waals surface area contributed by atoms with Crippen LogP contribution in [0.1, 0.15) is 5.69 Å². The fourth-order valence-corrected chi connectivity index (χ4v) is 2.19. The molecule has 0 aliphatic heterocycles. The normalized spacial score (nSPS) is 10.1. The van der Waals surface area contributed by atoms with Crippen LogP contribution >= 0.6 is 22.6 Å². The molecule has 1 aromatic carbocycles. The molecule has 0 atom stereocenters. The molecule has 0 saturated heterocycles. The van der Waals surface area contributed by atoms with Gasteiger partial charge in [0.05, 0.1) is 18.0 Å². The van der Waals surface area contributed by atoms with E-state index in [2.05, 4.69) is 27.6 Å². The van der Waals surface area contributed by atoms with Gasteiger partial charge in [0.25, 0.3) is 0 Å². The number of nitrogens with zero attached hydrogens (tertiary/aromatic N) is 1. The molecule has 1 N–H and O–H groups in total. The molecule has 80 valence electrons. The quantitative estimate of drug-likeness (QED) is 0.816. The third-order valence-electron chi connectivity index (χ3n) is 2.22. The van der Waals surface area contributed by atoms with Gasteiger partial charge >= 0.3 is 0 Å². The van der Waals surface area contributed by atoms with Gasteiger partial charge in [-0.05, 0) is 34.7 Å². The van der Waals surface area contributed by atoms with Crippen molar-refractivity contribution in [3.05, 3.63) is 37.7 Å². The van der Waals surface area contributed by atoms with E-state index >= 15 is 0 Å². The van der Waals surface area contributed by atoms with Crippen molar-refractivity contribution in [2.75, 3.05) is 7.11 Å². The lowest BCUT2D eigenvalue weighted by atomic mass is 10.2. The number of hydrogen-bond acceptors (Lipinski definition) is 3. The molecule has 2 rings (SSSR count). The van der Waals surface area contributed by atoms with Gasteiger partial charge in [0.2, 0.25) is 0 Å². The van der Waals surface area contributed by atoms with Crippen LogP contribution in [0.2, 0.25) is 0 Å². The third-order valence-corrected chi connectivity index (χ3v) is 3.07. The maximum atomic E-state index is 11.7. The first kappa shape index (κ1) is 11.0. The number of nitriles is 1. The zero-order valence-corrected chi connectivity index (χ0v) is 10.5. The molecule has 0 spiro atoms. The van der Waals surface area contributed by atoms with Crippen molar-refractivity contribution in [2.45, 2.75) is 0 Å². The lowest BCUT2D eigenvalue weighted by Crippen LogP contribution is -2.04. The monoisotopic (exact) mass is 326 g/mol. The molecule has 4 nitrogen and oxygen atoms in total. The van der Waals surface area contributed by atoms with Crippen molar-refractivity contribution in [1.82, 2.24) is 4.98 Å². The number of aromatic nitrogens is 1. The molecule has 16 heavy (non-hydrogen) atoms. The van der Waals surface area contributed by atoms with Crippen molar-refractivity contribution in [3.63, 3.8) is 0 Å². The minimum Gasteiger partial charge on any atom is -0.497 e. The van der Waals surface area contributed by atoms with E-state index in [0.717, 1.165) is 3.57 Å². The molecule has 1 aromatic heterocycles. The molecular formula is C11H7IN2O2. The molecule has 0 aliphatic rings. The molecule has 2 aromatic rings. The van der Waals surface area contributed by atoms with Gasteiger partial charge in [0.15, 0.2) is 5.43 Å². The van der Waals surface area contributed by atoms with Gasteiger partial charge in [-0.3, -0.25) is 4.79 Å². The van der Waals surface area contributed by atoms with Crippen molar-refractivity contribution in [3.8, 4) is 11.8 Å². The molecule has 0 aliphatic carbocycles. The molecule has 1 heterocycles. The highest BCUT2D eigenvalue weighted by molar-refractivity contribution is 14.1. The summed E-state index contributed by atoms with van der Waals surface area (Å²) < 4.78 is 5.94. The van der Waals surface area contributed by atoms with Crippen LogP contribution < -0.4 is 10.2 Å². The Labute approximate surface area is 105 Å². The van der Waals surface area contributed by atoms with E-state index in [1.54, 1.807) is 19.2 Å². The van der Waals surface area contributed by atoms with E-state index in [4.69, 9.17) is 10.00 Å². The van der Waals surface area contributed by atoms with Gasteiger partial charge in [0.1, 0.15) is 17.5 Å². The summed E-state index contributed by atoms with van der Waals surface area (Å²) in [6, 6.07) is 6.68. The van der Waals surface area contributed by atoms with Crippen molar-refractivity contribution >= 4 is 33.5 Å². The fraction of sp³-hybridized carbons (Fsp3) is 0.0909. The lowest BCUT2D eigenvalue weighted by molar-refractivity contribution is 0.415. The van der Waals surface area contributed by atoms with Crippen LogP contribution in [0.25, 0.3) is 10.9 Å². The predicted molar refractivity (Wildman–Crippen MR) is 68.6 cm³/mol. The summed E-state index contributed by atoms with van der Waals surface area (Å²) in [6.07, 6.45) is 0. The molecule has 0 bridgehead atoms. The standard InChI is InChI=1S/C11H7IN2O2/c1-16-7-3-8-10(15)2-6(5-13)14-11(8)9(12)4-7/h2-4H,1H3,(H,14,15). The zero-order chi connectivity index (χ0) is 11.7. The first-order valence-electron chi connectivity index (χ1n) is 4.46. The number of halogens is 1. The number of nitrogens with one attached hydrogen (secondary N) is 1. The van der Waals surface area contributed by atoms with E-state index in [9.17, 15) is 4.79 Å². The molecule has 0 amide bonds. The zero-order valence-electron chi connectivity index (χ0n) is 8.37. The number of methoxy groups -OCH3 is 1. The number of fused-ring (bicyclic) bond motifs is 1. The van der Waals surface area contributed by atoms with Crippen LogP contribution in [0.5, 0.6) is 5.75 Å². The Morgan fingerprint density at radius 3 is 2.81 bits per heavy atom. The van der Waals surface area contributed by atoms with Crippen molar-refractivity contribution in [2.24, 2.45) is 0 Å². The topological polar surface area (TPSA) is 65.9 Å². The number of pyridine rings is 1. The van der Waals surface area contributed by atoms with Gasteiger partial charge in [0, 0.05) is 9.64 Å². The summed E-state index contributed by atoms with van der Waals surface area (Å²) in [4.78, 5) is 14.7. The smallest absolute Gasteiger partial charge is 0.190 e. The lowest BCUT2D eigenvalue weighted by Gasteiger charge is -2.05. The maximum absolute atomic E-state index is 11.7. The first-order chi connectivity index (χ1) is 7.65. The van der Waals surface area contributed by atoms with Crippen LogP contribution in [0.15, 0.2) is 23.0 Å². The minimum atomic E-state index is -0.179. The van der Waals surface area contributed by atoms with Gasteiger partial charge in [-0.2, -0.15) is 5.26 Å². The first-order valence-corrected chi connectivity index (χ1v) is 5.54. The Balaban J connectivity index is 2.91. The van der Waals surface area contributed by atoms with Gasteiger partial charge < -0.3 is 9.72 Å². The molecule has 5 heteroatoms. The average molecular weight is 326 g/mol. The number of rotatable bonds is 1. The summed E-state index contributed by atoms with van der Waals surface area (Å²) in [7, 11) is 1.55. The maximum Gasteiger partial charge on any atom is 0.190 e. The number of benzene rings is 1. The van der Waals surface area contributed by atoms with Crippen LogP contribution in [-0.2, 0) is 0 Å². The summed E-state index contributed by atoms with van der Waals surface area (Å²) >= 11 is 2.10. The van der Waals surface area contributed by atoms with Crippen molar-refractivity contribution in [1.29, 1.82) is 5.26 Å². The van der Waals surface area contributed by atoms with Gasteiger partial charge in [-0.25, -0.2) is 0 Å². The number of aromatic amines is 1. The van der Waals surface area contributed by atoms with Crippen LogP contribution in [0.3, 0.4) is 0 Å². The highest BCUT2D eigenvalue weighted by Crippen LogP contribution is 2.23. The van der Waals surface area contributed by atoms with Crippen molar-refractivity contribution < 1.29 is 4.74 Å². The van der Waals surface area contributed by atoms with Crippen LogP contribution in [0.4, 0.5) is 0 Å². The van der Waals surface area contributed by atoms with Crippen LogP contribution in [-0.4, -0.2) is 12.1 Å². The molecule has 0 radical (unpaired) electrons. The van der Waals surface area contributed by atoms with E-state index in [1.165, 1.54) is 6.07 Å². The Kier molecular flexibility index (Phi) is 2.83. The second-order valence-corrected chi connectivity index (χ2v) is 4.35. The summed E-state index contributed by atoms with van der Waals surface area (Å²) in [6.45, 7) is 0. The highest BCUT2D eigenvalue weighted by Gasteiger charge is 2.07. The summed E-state index contributed by atoms with van der Waals surface area (Å²) in [5.41, 5.74) is 0.758. The predicted octanol–water partition coefficient (Wildman–Crippen LogP) is 2.01. The second-order valence-electron chi connectivity index (χ2n) is 3.19. The largest absolute Gasteiger partial charge is 0.497 e. The van der Waals surface area contributed by atoms with E-state index in [1.807, 2.05) is 6.07 Å². The Hall–Kier alpha value is -1.55. The number of H-pyrrole nitrogens is 1. The summed E-state index contributed by atoms with van der Waals surface area (Å²) in [5.74, 6) is 0.632. The number of hydrogen-bond donors (Lipinski definition) is 1. The molecule has 0 unspecified atom stereocenters. The highest BCUT2D eigenvalue weighted by atomic mass is 127. The average Bonchev–Trinajstić information content (AvgIpc) is 2.29. The van der Waals surface area contributed by atoms with Gasteiger partial charge in [-0.1, -0.05) is 0 Å². The molecule has 0 saturated carbocycles. The van der Waals surface area contributed by atoms with Crippen LogP contribution in [0, 0.1) is 14.9 Å². The van der Waals surface area contributed by atoms with E-state index in [-0.39, 0.29) is 11.1 Å². The third kappa shape index (κ3) is 1.76. The van der Waals surface area contributed by atoms with Gasteiger partial charge in [-0.15, -0.1) is 0 Å². The molecule has 0 fully saturated rings.